The molecule has 7 nitrogen and oxygen atoms in total. The molecule has 0 aliphatic heterocycles. The van der Waals surface area contributed by atoms with Crippen molar-refractivity contribution in [2.24, 2.45) is 0 Å². The molecule has 0 atom stereocenters. The maximum Gasteiger partial charge on any atom is 0.416 e. The topological polar surface area (TPSA) is 107 Å². The first-order valence-electron chi connectivity index (χ1n) is 8.78. The van der Waals surface area contributed by atoms with Gasteiger partial charge in [0.2, 0.25) is 5.95 Å². The fourth-order valence-electron chi connectivity index (χ4n) is 2.55. The van der Waals surface area contributed by atoms with Gasteiger partial charge in [0.1, 0.15) is 16.5 Å². The molecule has 33 heavy (non-hydrogen) atoms. The number of nitrogens with two attached hydrogens (primary N) is 1. The van der Waals surface area contributed by atoms with Gasteiger partial charge in [-0.2, -0.15) is 13.2 Å². The zero-order chi connectivity index (χ0) is 24.4. The molecule has 0 unspecified atom stereocenters. The zero-order valence-corrected chi connectivity index (χ0v) is 17.4. The number of sulfonamides is 1. The molecule has 3 N–H and O–H groups in total. The molecule has 3 rings (SSSR count). The molecule has 1 heterocycles. The van der Waals surface area contributed by atoms with Gasteiger partial charge in [-0.05, 0) is 30.3 Å². The lowest BCUT2D eigenvalue weighted by atomic mass is 10.1. The predicted octanol–water partition coefficient (Wildman–Crippen LogP) is 3.57. The Bertz CT molecular complexity index is 1370. The number of methoxy groups -OCH3 is 1. The number of nitrogens with zero attached hydrogens (tertiary/aromatic N) is 2. The fraction of sp³-hybridized carbons (Fsp3) is 0.100. The highest BCUT2D eigenvalue weighted by Gasteiger charge is 2.33. The van der Waals surface area contributed by atoms with E-state index in [-0.39, 0.29) is 11.5 Å². The molecular formula is C20H13F5N4O3S. The first-order valence-corrected chi connectivity index (χ1v) is 10.3. The Morgan fingerprint density at radius 1 is 1.06 bits per heavy atom. The van der Waals surface area contributed by atoms with Crippen LogP contribution in [-0.4, -0.2) is 25.5 Å². The molecular weight excluding hydrogens is 471 g/mol. The van der Waals surface area contributed by atoms with Crippen LogP contribution in [0, 0.1) is 23.5 Å². The number of nitrogen functional groups attached to an aromatic ring is 1. The Morgan fingerprint density at radius 2 is 1.73 bits per heavy atom. The van der Waals surface area contributed by atoms with Gasteiger partial charge in [-0.25, -0.2) is 27.2 Å². The molecule has 172 valence electrons. The number of alkyl halides is 3. The maximum absolute atomic E-state index is 14.9. The number of anilines is 2. The van der Waals surface area contributed by atoms with Crippen LogP contribution < -0.4 is 15.2 Å². The fourth-order valence-corrected chi connectivity index (χ4v) is 3.80. The summed E-state index contributed by atoms with van der Waals surface area (Å²) in [6.45, 7) is 0. The van der Waals surface area contributed by atoms with Crippen molar-refractivity contribution in [3.63, 3.8) is 0 Å². The van der Waals surface area contributed by atoms with E-state index in [1.165, 1.54) is 12.4 Å². The molecule has 13 heteroatoms. The second-order valence-electron chi connectivity index (χ2n) is 6.33. The third kappa shape index (κ3) is 5.29. The van der Waals surface area contributed by atoms with Crippen molar-refractivity contribution < 1.29 is 35.1 Å². The van der Waals surface area contributed by atoms with E-state index in [1.807, 2.05) is 0 Å². The van der Waals surface area contributed by atoms with Crippen molar-refractivity contribution in [1.29, 1.82) is 0 Å². The molecule has 2 aromatic carbocycles. The number of benzene rings is 2. The van der Waals surface area contributed by atoms with Crippen LogP contribution in [0.2, 0.25) is 0 Å². The SMILES string of the molecule is COc1ccc(C(F)(F)F)cc1S(=O)(=O)Nc1ccc(F)c(C#Cc2cnc(N)nc2)c1F. The summed E-state index contributed by atoms with van der Waals surface area (Å²) in [5, 5.41) is 0. The van der Waals surface area contributed by atoms with Crippen LogP contribution >= 0.6 is 0 Å². The van der Waals surface area contributed by atoms with E-state index in [1.54, 1.807) is 4.72 Å². The van der Waals surface area contributed by atoms with Gasteiger partial charge in [0.25, 0.3) is 10.0 Å². The number of nitrogens with one attached hydrogen (secondary N) is 1. The van der Waals surface area contributed by atoms with Gasteiger partial charge in [-0.1, -0.05) is 11.8 Å². The van der Waals surface area contributed by atoms with Gasteiger partial charge < -0.3 is 10.5 Å². The summed E-state index contributed by atoms with van der Waals surface area (Å²) >= 11 is 0. The Kier molecular flexibility index (Phi) is 6.41. The summed E-state index contributed by atoms with van der Waals surface area (Å²) in [5.41, 5.74) is 2.71. The van der Waals surface area contributed by atoms with Gasteiger partial charge in [0.15, 0.2) is 5.82 Å². The van der Waals surface area contributed by atoms with E-state index in [4.69, 9.17) is 10.5 Å². The summed E-state index contributed by atoms with van der Waals surface area (Å²) in [7, 11) is -3.73. The first-order chi connectivity index (χ1) is 15.4. The van der Waals surface area contributed by atoms with E-state index in [0.29, 0.717) is 12.1 Å². The molecule has 0 fully saturated rings. The molecule has 0 spiro atoms. The van der Waals surface area contributed by atoms with E-state index >= 15 is 0 Å². The van der Waals surface area contributed by atoms with Crippen molar-refractivity contribution >= 4 is 21.7 Å². The van der Waals surface area contributed by atoms with Crippen LogP contribution in [0.1, 0.15) is 16.7 Å². The Balaban J connectivity index is 2.02. The third-order valence-corrected chi connectivity index (χ3v) is 5.51. The number of hydrogen-bond acceptors (Lipinski definition) is 6. The van der Waals surface area contributed by atoms with Crippen molar-refractivity contribution in [3.05, 3.63) is 71.1 Å². The largest absolute Gasteiger partial charge is 0.495 e. The summed E-state index contributed by atoms with van der Waals surface area (Å²) in [6, 6.07) is 3.28. The summed E-state index contributed by atoms with van der Waals surface area (Å²) in [6.07, 6.45) is -2.43. The lowest BCUT2D eigenvalue weighted by Crippen LogP contribution is -2.17. The second kappa shape index (κ2) is 8.91. The van der Waals surface area contributed by atoms with E-state index < -0.39 is 55.3 Å². The molecule has 1 aromatic heterocycles. The van der Waals surface area contributed by atoms with Crippen molar-refractivity contribution in [3.8, 4) is 17.6 Å². The minimum atomic E-state index is -4.84. The normalized spacial score (nSPS) is 11.5. The van der Waals surface area contributed by atoms with Crippen LogP contribution in [0.5, 0.6) is 5.75 Å². The summed E-state index contributed by atoms with van der Waals surface area (Å²) in [4.78, 5) is 6.45. The van der Waals surface area contributed by atoms with Gasteiger partial charge in [-0.15, -0.1) is 0 Å². The lowest BCUT2D eigenvalue weighted by molar-refractivity contribution is -0.137. The van der Waals surface area contributed by atoms with Crippen molar-refractivity contribution in [2.75, 3.05) is 17.6 Å². The highest BCUT2D eigenvalue weighted by molar-refractivity contribution is 7.92. The molecule has 0 radical (unpaired) electrons. The van der Waals surface area contributed by atoms with Crippen LogP contribution in [-0.2, 0) is 16.2 Å². The quantitative estimate of drug-likeness (QED) is 0.433. The minimum absolute atomic E-state index is 0.0423. The Morgan fingerprint density at radius 3 is 2.33 bits per heavy atom. The van der Waals surface area contributed by atoms with Crippen LogP contribution in [0.3, 0.4) is 0 Å². The molecule has 0 aliphatic carbocycles. The molecule has 0 amide bonds. The number of ether oxygens (including phenoxy) is 1. The highest BCUT2D eigenvalue weighted by Crippen LogP contribution is 2.35. The third-order valence-electron chi connectivity index (χ3n) is 4.12. The van der Waals surface area contributed by atoms with Crippen molar-refractivity contribution in [2.45, 2.75) is 11.1 Å². The van der Waals surface area contributed by atoms with E-state index in [2.05, 4.69) is 21.8 Å². The second-order valence-corrected chi connectivity index (χ2v) is 7.98. The van der Waals surface area contributed by atoms with Gasteiger partial charge >= 0.3 is 6.18 Å². The van der Waals surface area contributed by atoms with Gasteiger partial charge in [-0.3, -0.25) is 4.72 Å². The monoisotopic (exact) mass is 484 g/mol. The Labute approximate surface area is 184 Å². The highest BCUT2D eigenvalue weighted by atomic mass is 32.2. The molecule has 3 aromatic rings. The zero-order valence-electron chi connectivity index (χ0n) is 16.5. The van der Waals surface area contributed by atoms with Crippen LogP contribution in [0.4, 0.5) is 33.6 Å². The molecule has 0 bridgehead atoms. The van der Waals surface area contributed by atoms with Gasteiger partial charge in [0, 0.05) is 12.4 Å². The predicted molar refractivity (Wildman–Crippen MR) is 108 cm³/mol. The minimum Gasteiger partial charge on any atom is -0.495 e. The molecule has 0 saturated heterocycles. The standard InChI is InChI=1S/C20H13F5N4O3S/c1-32-16-7-3-12(20(23,24)25)8-17(16)33(30,31)29-15-6-5-14(21)13(18(15)22)4-2-11-9-27-19(26)28-10-11/h3,5-10,29H,1H3,(H2,26,27,28). The van der Waals surface area contributed by atoms with E-state index in [0.717, 1.165) is 25.3 Å². The summed E-state index contributed by atoms with van der Waals surface area (Å²) in [5.74, 6) is 1.67. The number of rotatable bonds is 4. The average Bonchev–Trinajstić information content (AvgIpc) is 2.75. The van der Waals surface area contributed by atoms with Crippen molar-refractivity contribution in [1.82, 2.24) is 9.97 Å². The molecule has 0 aliphatic rings. The molecule has 0 saturated carbocycles. The number of aromatic nitrogens is 2. The summed E-state index contributed by atoms with van der Waals surface area (Å²) < 4.78 is 100. The lowest BCUT2D eigenvalue weighted by Gasteiger charge is -2.15. The maximum atomic E-state index is 14.9. The smallest absolute Gasteiger partial charge is 0.416 e. The number of hydrogen-bond donors (Lipinski definition) is 2. The number of halogens is 5. The van der Waals surface area contributed by atoms with Gasteiger partial charge in [0.05, 0.1) is 29.5 Å². The van der Waals surface area contributed by atoms with Crippen LogP contribution in [0.25, 0.3) is 0 Å². The average molecular weight is 484 g/mol. The van der Waals surface area contributed by atoms with E-state index in [9.17, 15) is 30.4 Å². The van der Waals surface area contributed by atoms with Crippen LogP contribution in [0.15, 0.2) is 47.6 Å². The Hall–Kier alpha value is -3.92. The first kappa shape index (κ1) is 23.7.